The molecule has 0 unspecified atom stereocenters. The number of aromatic nitrogens is 1. The summed E-state index contributed by atoms with van der Waals surface area (Å²) in [6.45, 7) is -0.530. The van der Waals surface area contributed by atoms with Gasteiger partial charge in [-0.05, 0) is 47.9 Å². The van der Waals surface area contributed by atoms with Gasteiger partial charge in [0.1, 0.15) is 17.0 Å². The molecule has 3 aromatic carbocycles. The third kappa shape index (κ3) is 4.51. The lowest BCUT2D eigenvalue weighted by atomic mass is 10.0. The molecular formula is C27H19NO6S. The summed E-state index contributed by atoms with van der Waals surface area (Å²) in [6, 6.07) is 18.8. The summed E-state index contributed by atoms with van der Waals surface area (Å²) in [5, 5.41) is 10.2. The van der Waals surface area contributed by atoms with Gasteiger partial charge >= 0.3 is 5.97 Å². The molecule has 174 valence electrons. The highest BCUT2D eigenvalue weighted by molar-refractivity contribution is 7.22. The highest BCUT2D eigenvalue weighted by Crippen LogP contribution is 2.41. The summed E-state index contributed by atoms with van der Waals surface area (Å²) in [5.74, 6) is -0.570. The number of nitrogens with zero attached hydrogens (tertiary/aromatic N) is 1. The van der Waals surface area contributed by atoms with E-state index < -0.39 is 12.6 Å². The van der Waals surface area contributed by atoms with Crippen molar-refractivity contribution in [3.8, 4) is 21.9 Å². The van der Waals surface area contributed by atoms with Gasteiger partial charge in [-0.15, -0.1) is 11.3 Å². The minimum atomic E-state index is -1.11. The number of ether oxygens (including phenoxy) is 2. The molecule has 0 radical (unpaired) electrons. The molecule has 1 N–H and O–H groups in total. The van der Waals surface area contributed by atoms with Crippen LogP contribution in [0.4, 0.5) is 0 Å². The average Bonchev–Trinajstić information content (AvgIpc) is 3.52. The second-order valence-electron chi connectivity index (χ2n) is 7.62. The lowest BCUT2D eigenvalue weighted by Crippen LogP contribution is -2.10. The number of hydrogen-bond donors (Lipinski definition) is 1. The SMILES string of the molecule is COc1cc(OCC(=O)O)c(/C=C/C(=O)c2cccc3ncoc23)cc1-c1cc2ccccc2s1. The van der Waals surface area contributed by atoms with E-state index in [4.69, 9.17) is 19.0 Å². The van der Waals surface area contributed by atoms with E-state index in [0.29, 0.717) is 28.0 Å². The minimum absolute atomic E-state index is 0.282. The molecule has 0 saturated carbocycles. The maximum atomic E-state index is 13.0. The predicted molar refractivity (Wildman–Crippen MR) is 134 cm³/mol. The standard InChI is InChI=1S/C27H19NO6S/c1-32-23-13-22(33-14-26(30)31)16(11-19(23)25-12-17-5-2-3-8-24(17)35-25)9-10-21(29)18-6-4-7-20-27(18)34-15-28-20/h2-13,15H,14H2,1H3,(H,30,31)/b10-9+. The van der Waals surface area contributed by atoms with Crippen molar-refractivity contribution in [2.24, 2.45) is 0 Å². The zero-order valence-corrected chi connectivity index (χ0v) is 19.4. The second-order valence-corrected chi connectivity index (χ2v) is 8.71. The zero-order valence-electron chi connectivity index (χ0n) is 18.6. The number of oxazole rings is 1. The number of benzene rings is 3. The van der Waals surface area contributed by atoms with E-state index >= 15 is 0 Å². The molecule has 0 aliphatic heterocycles. The van der Waals surface area contributed by atoms with Gasteiger partial charge in [-0.3, -0.25) is 4.79 Å². The molecule has 0 aliphatic carbocycles. The van der Waals surface area contributed by atoms with E-state index in [0.717, 1.165) is 20.5 Å². The fourth-order valence-electron chi connectivity index (χ4n) is 3.78. The Morgan fingerprint density at radius 1 is 1.09 bits per heavy atom. The van der Waals surface area contributed by atoms with Gasteiger partial charge in [0.2, 0.25) is 0 Å². The van der Waals surface area contributed by atoms with Crippen molar-refractivity contribution in [2.75, 3.05) is 13.7 Å². The van der Waals surface area contributed by atoms with Crippen LogP contribution in [0.1, 0.15) is 15.9 Å². The van der Waals surface area contributed by atoms with Crippen molar-refractivity contribution in [1.29, 1.82) is 0 Å². The third-order valence-electron chi connectivity index (χ3n) is 5.41. The maximum Gasteiger partial charge on any atom is 0.341 e. The first-order valence-electron chi connectivity index (χ1n) is 10.6. The van der Waals surface area contributed by atoms with Crippen LogP contribution in [0.15, 0.2) is 77.6 Å². The smallest absolute Gasteiger partial charge is 0.341 e. The number of carboxylic acids is 1. The molecule has 0 saturated heterocycles. The average molecular weight is 486 g/mol. The lowest BCUT2D eigenvalue weighted by molar-refractivity contribution is -0.139. The topological polar surface area (TPSA) is 98.9 Å². The Balaban J connectivity index is 1.58. The van der Waals surface area contributed by atoms with Crippen molar-refractivity contribution < 1.29 is 28.6 Å². The van der Waals surface area contributed by atoms with E-state index in [1.165, 1.54) is 12.5 Å². The van der Waals surface area contributed by atoms with E-state index in [1.54, 1.807) is 48.8 Å². The van der Waals surface area contributed by atoms with Crippen LogP contribution in [0.25, 0.3) is 37.7 Å². The van der Waals surface area contributed by atoms with Crippen LogP contribution >= 0.6 is 11.3 Å². The molecular weight excluding hydrogens is 466 g/mol. The number of rotatable bonds is 8. The number of para-hydroxylation sites is 1. The van der Waals surface area contributed by atoms with E-state index in [2.05, 4.69) is 11.1 Å². The van der Waals surface area contributed by atoms with Gasteiger partial charge < -0.3 is 19.0 Å². The first-order valence-corrected chi connectivity index (χ1v) is 11.5. The van der Waals surface area contributed by atoms with E-state index in [-0.39, 0.29) is 11.5 Å². The summed E-state index contributed by atoms with van der Waals surface area (Å²) < 4.78 is 17.6. The summed E-state index contributed by atoms with van der Waals surface area (Å²) >= 11 is 1.61. The van der Waals surface area contributed by atoms with Crippen molar-refractivity contribution in [2.45, 2.75) is 0 Å². The van der Waals surface area contributed by atoms with Crippen LogP contribution in [0.2, 0.25) is 0 Å². The molecule has 8 heteroatoms. The van der Waals surface area contributed by atoms with Gasteiger partial charge in [0, 0.05) is 26.8 Å². The first kappa shape index (κ1) is 22.4. The summed E-state index contributed by atoms with van der Waals surface area (Å²) in [5.41, 5.74) is 2.72. The van der Waals surface area contributed by atoms with Crippen molar-refractivity contribution in [1.82, 2.24) is 4.98 Å². The number of methoxy groups -OCH3 is 1. The lowest BCUT2D eigenvalue weighted by Gasteiger charge is -2.13. The Morgan fingerprint density at radius 3 is 2.74 bits per heavy atom. The second kappa shape index (κ2) is 9.44. The highest BCUT2D eigenvalue weighted by Gasteiger charge is 2.16. The molecule has 2 heterocycles. The highest BCUT2D eigenvalue weighted by atomic mass is 32.1. The van der Waals surface area contributed by atoms with Gasteiger partial charge in [0.05, 0.1) is 12.7 Å². The summed E-state index contributed by atoms with van der Waals surface area (Å²) in [7, 11) is 1.55. The van der Waals surface area contributed by atoms with Crippen molar-refractivity contribution in [3.63, 3.8) is 0 Å². The van der Waals surface area contributed by atoms with Crippen LogP contribution < -0.4 is 9.47 Å². The molecule has 35 heavy (non-hydrogen) atoms. The molecule has 0 amide bonds. The molecule has 7 nitrogen and oxygen atoms in total. The Bertz CT molecular complexity index is 1560. The fourth-order valence-corrected chi connectivity index (χ4v) is 4.87. The minimum Gasteiger partial charge on any atom is -0.496 e. The van der Waals surface area contributed by atoms with Crippen LogP contribution in [0.3, 0.4) is 0 Å². The van der Waals surface area contributed by atoms with Gasteiger partial charge in [-0.1, -0.05) is 24.3 Å². The van der Waals surface area contributed by atoms with Gasteiger partial charge in [-0.25, -0.2) is 9.78 Å². The predicted octanol–water partition coefficient (Wildman–Crippen LogP) is 6.08. The van der Waals surface area contributed by atoms with Crippen LogP contribution in [-0.4, -0.2) is 35.6 Å². The van der Waals surface area contributed by atoms with Gasteiger partial charge in [-0.2, -0.15) is 0 Å². The number of carboxylic acid groups (broad SMARTS) is 1. The van der Waals surface area contributed by atoms with E-state index in [9.17, 15) is 9.59 Å². The Morgan fingerprint density at radius 2 is 1.94 bits per heavy atom. The number of ketones is 1. The van der Waals surface area contributed by atoms with Gasteiger partial charge in [0.25, 0.3) is 0 Å². The number of fused-ring (bicyclic) bond motifs is 2. The fraction of sp³-hybridized carbons (Fsp3) is 0.0741. The quantitative estimate of drug-likeness (QED) is 0.210. The number of thiophene rings is 1. The molecule has 2 aromatic heterocycles. The molecule has 5 rings (SSSR count). The van der Waals surface area contributed by atoms with Crippen LogP contribution in [0.5, 0.6) is 11.5 Å². The molecule has 0 aliphatic rings. The van der Waals surface area contributed by atoms with Crippen molar-refractivity contribution >= 4 is 50.4 Å². The largest absolute Gasteiger partial charge is 0.496 e. The van der Waals surface area contributed by atoms with Crippen LogP contribution in [0, 0.1) is 0 Å². The number of carbonyl (C=O) groups excluding carboxylic acids is 1. The normalized spacial score (nSPS) is 11.3. The molecule has 5 aromatic rings. The Kier molecular flexibility index (Phi) is 6.03. The third-order valence-corrected chi connectivity index (χ3v) is 6.56. The molecule has 0 atom stereocenters. The molecule has 0 fully saturated rings. The molecule has 0 spiro atoms. The van der Waals surface area contributed by atoms with E-state index in [1.807, 2.05) is 30.3 Å². The van der Waals surface area contributed by atoms with Crippen molar-refractivity contribution in [3.05, 3.63) is 84.3 Å². The number of allylic oxidation sites excluding steroid dienone is 1. The van der Waals surface area contributed by atoms with Crippen LogP contribution in [-0.2, 0) is 4.79 Å². The monoisotopic (exact) mass is 485 g/mol. The maximum absolute atomic E-state index is 13.0. The molecule has 0 bridgehead atoms. The van der Waals surface area contributed by atoms with Gasteiger partial charge in [0.15, 0.2) is 24.4 Å². The Labute approximate surface area is 203 Å². The number of carbonyl (C=O) groups is 2. The Hall–Kier alpha value is -4.43. The number of aliphatic carboxylic acids is 1. The first-order chi connectivity index (χ1) is 17.0. The summed E-state index contributed by atoms with van der Waals surface area (Å²) in [6.07, 6.45) is 4.30. The zero-order chi connectivity index (χ0) is 24.4. The number of hydrogen-bond acceptors (Lipinski definition) is 7. The summed E-state index contributed by atoms with van der Waals surface area (Å²) in [4.78, 5) is 29.2.